The number of amides is 3. The summed E-state index contributed by atoms with van der Waals surface area (Å²) in [5.41, 5.74) is 2.18. The van der Waals surface area contributed by atoms with Crippen LogP contribution in [-0.4, -0.2) is 65.6 Å². The zero-order chi connectivity index (χ0) is 23.8. The number of hydrogen-bond acceptors (Lipinski definition) is 5. The lowest BCUT2D eigenvalue weighted by Crippen LogP contribution is -2.54. The maximum absolute atomic E-state index is 13.5. The number of anilines is 2. The predicted molar refractivity (Wildman–Crippen MR) is 129 cm³/mol. The third kappa shape index (κ3) is 4.69. The molecule has 0 spiro atoms. The van der Waals surface area contributed by atoms with Gasteiger partial charge in [0.2, 0.25) is 5.91 Å². The number of carbonyl (C=O) groups excluding carboxylic acids is 2. The summed E-state index contributed by atoms with van der Waals surface area (Å²) in [4.78, 5) is 34.5. The van der Waals surface area contributed by atoms with E-state index in [1.54, 1.807) is 26.2 Å². The maximum Gasteiger partial charge on any atom is 0.323 e. The number of rotatable bonds is 4. The number of urea groups is 1. The molecule has 2 aliphatic heterocycles. The Balaban J connectivity index is 1.53. The third-order valence-electron chi connectivity index (χ3n) is 6.88. The second kappa shape index (κ2) is 9.29. The number of aromatic nitrogens is 1. The summed E-state index contributed by atoms with van der Waals surface area (Å²) in [5, 5.41) is 6.27. The molecule has 3 amide bonds. The highest BCUT2D eigenvalue weighted by atomic mass is 35.5. The Morgan fingerprint density at radius 2 is 2.03 bits per heavy atom. The van der Waals surface area contributed by atoms with Crippen LogP contribution in [0.2, 0.25) is 5.02 Å². The fraction of sp³-hybridized carbons (Fsp3) is 0.458. The monoisotopic (exact) mass is 471 g/mol. The number of nitrogens with zero attached hydrogens (tertiary/aromatic N) is 3. The zero-order valence-electron chi connectivity index (χ0n) is 19.4. The number of methoxy groups -OCH3 is 1. The summed E-state index contributed by atoms with van der Waals surface area (Å²) in [6.07, 6.45) is 2.54. The van der Waals surface area contributed by atoms with Gasteiger partial charge in [0.1, 0.15) is 11.4 Å². The highest BCUT2D eigenvalue weighted by Crippen LogP contribution is 2.34. The van der Waals surface area contributed by atoms with Gasteiger partial charge in [0.15, 0.2) is 0 Å². The van der Waals surface area contributed by atoms with Gasteiger partial charge in [-0.3, -0.25) is 15.0 Å². The third-order valence-corrected chi connectivity index (χ3v) is 7.11. The Hall–Kier alpha value is -2.68. The van der Waals surface area contributed by atoms with Gasteiger partial charge in [-0.05, 0) is 62.7 Å². The van der Waals surface area contributed by atoms with Crippen molar-refractivity contribution in [2.24, 2.45) is 0 Å². The van der Waals surface area contributed by atoms with Crippen LogP contribution in [0.15, 0.2) is 36.5 Å². The average molecular weight is 472 g/mol. The number of benzene rings is 1. The van der Waals surface area contributed by atoms with Crippen molar-refractivity contribution in [3.8, 4) is 0 Å². The normalized spacial score (nSPS) is 24.9. The molecule has 8 nitrogen and oxygen atoms in total. The van der Waals surface area contributed by atoms with Gasteiger partial charge in [-0.2, -0.15) is 0 Å². The van der Waals surface area contributed by atoms with Crippen LogP contribution in [0.4, 0.5) is 16.3 Å². The molecule has 9 heteroatoms. The van der Waals surface area contributed by atoms with E-state index in [4.69, 9.17) is 16.3 Å². The Morgan fingerprint density at radius 1 is 1.24 bits per heavy atom. The summed E-state index contributed by atoms with van der Waals surface area (Å²) in [7, 11) is 3.71. The number of hydrogen-bond donors (Lipinski definition) is 2. The van der Waals surface area contributed by atoms with Crippen molar-refractivity contribution < 1.29 is 14.3 Å². The summed E-state index contributed by atoms with van der Waals surface area (Å²) in [6.45, 7) is 5.23. The van der Waals surface area contributed by atoms with Gasteiger partial charge in [-0.15, -0.1) is 0 Å². The summed E-state index contributed by atoms with van der Waals surface area (Å²) in [5.74, 6) is 0.115. The molecule has 2 N–H and O–H groups in total. The Morgan fingerprint density at radius 3 is 2.73 bits per heavy atom. The van der Waals surface area contributed by atoms with E-state index in [2.05, 4.69) is 40.6 Å². The van der Waals surface area contributed by atoms with Crippen LogP contribution in [0.5, 0.6) is 0 Å². The SMILES string of the molecule is CO[C@H]1CN(C(=O)Nc2ccc(Cl)cn2)[C@@](C)(C(=O)Nc2ccc3c(c2)CCN(C)C3C)C1. The molecule has 0 radical (unpaired) electrons. The highest BCUT2D eigenvalue weighted by molar-refractivity contribution is 6.30. The van der Waals surface area contributed by atoms with E-state index in [1.165, 1.54) is 22.2 Å². The van der Waals surface area contributed by atoms with Crippen molar-refractivity contribution in [2.45, 2.75) is 44.4 Å². The summed E-state index contributed by atoms with van der Waals surface area (Å²) in [6, 6.07) is 9.25. The van der Waals surface area contributed by atoms with Gasteiger partial charge >= 0.3 is 6.03 Å². The first-order valence-corrected chi connectivity index (χ1v) is 11.5. The number of likely N-dealkylation sites (N-methyl/N-ethyl adjacent to an activating group) is 1. The second-order valence-corrected chi connectivity index (χ2v) is 9.45. The van der Waals surface area contributed by atoms with E-state index < -0.39 is 11.6 Å². The first kappa shape index (κ1) is 23.5. The molecule has 176 valence electrons. The van der Waals surface area contributed by atoms with Gasteiger partial charge in [0, 0.05) is 44.5 Å². The first-order valence-electron chi connectivity index (χ1n) is 11.1. The molecule has 2 aromatic rings. The molecule has 1 aromatic carbocycles. The van der Waals surface area contributed by atoms with Crippen molar-refractivity contribution in [1.29, 1.82) is 0 Å². The van der Waals surface area contributed by atoms with Crippen LogP contribution in [-0.2, 0) is 16.0 Å². The van der Waals surface area contributed by atoms with Crippen molar-refractivity contribution in [3.63, 3.8) is 0 Å². The lowest BCUT2D eigenvalue weighted by atomic mass is 9.93. The summed E-state index contributed by atoms with van der Waals surface area (Å²) < 4.78 is 5.51. The van der Waals surface area contributed by atoms with Crippen molar-refractivity contribution in [2.75, 3.05) is 37.9 Å². The molecule has 1 aromatic heterocycles. The molecular formula is C24H30ClN5O3. The van der Waals surface area contributed by atoms with Gasteiger partial charge in [-0.25, -0.2) is 9.78 Å². The van der Waals surface area contributed by atoms with Crippen LogP contribution in [0.3, 0.4) is 0 Å². The fourth-order valence-corrected chi connectivity index (χ4v) is 4.74. The largest absolute Gasteiger partial charge is 0.380 e. The molecule has 1 saturated heterocycles. The van der Waals surface area contributed by atoms with Crippen LogP contribution >= 0.6 is 11.6 Å². The number of pyridine rings is 1. The van der Waals surface area contributed by atoms with Crippen molar-refractivity contribution in [1.82, 2.24) is 14.8 Å². The average Bonchev–Trinajstić information content (AvgIpc) is 3.16. The van der Waals surface area contributed by atoms with E-state index in [0.717, 1.165) is 18.7 Å². The number of halogens is 1. The topological polar surface area (TPSA) is 86.8 Å². The molecule has 1 unspecified atom stereocenters. The molecule has 4 rings (SSSR count). The van der Waals surface area contributed by atoms with E-state index >= 15 is 0 Å². The van der Waals surface area contributed by atoms with Crippen molar-refractivity contribution in [3.05, 3.63) is 52.7 Å². The minimum atomic E-state index is -1.08. The molecular weight excluding hydrogens is 442 g/mol. The lowest BCUT2D eigenvalue weighted by Gasteiger charge is -2.34. The number of ether oxygens (including phenoxy) is 1. The molecule has 0 aliphatic carbocycles. The van der Waals surface area contributed by atoms with Crippen LogP contribution in [0.25, 0.3) is 0 Å². The van der Waals surface area contributed by atoms with Gasteiger partial charge in [0.05, 0.1) is 11.1 Å². The molecule has 2 aliphatic rings. The first-order chi connectivity index (χ1) is 15.7. The molecule has 3 atom stereocenters. The molecule has 0 saturated carbocycles. The smallest absolute Gasteiger partial charge is 0.323 e. The Labute approximate surface area is 199 Å². The van der Waals surface area contributed by atoms with Crippen LogP contribution < -0.4 is 10.6 Å². The molecule has 3 heterocycles. The predicted octanol–water partition coefficient (Wildman–Crippen LogP) is 3.93. The number of nitrogens with one attached hydrogen (secondary N) is 2. The van der Waals surface area contributed by atoms with E-state index in [9.17, 15) is 9.59 Å². The van der Waals surface area contributed by atoms with Gasteiger partial charge in [0.25, 0.3) is 0 Å². The second-order valence-electron chi connectivity index (χ2n) is 9.01. The quantitative estimate of drug-likeness (QED) is 0.705. The fourth-order valence-electron chi connectivity index (χ4n) is 4.63. The molecule has 0 bridgehead atoms. The van der Waals surface area contributed by atoms with E-state index in [0.29, 0.717) is 29.8 Å². The van der Waals surface area contributed by atoms with Crippen LogP contribution in [0, 0.1) is 0 Å². The van der Waals surface area contributed by atoms with E-state index in [-0.39, 0.29) is 12.0 Å². The van der Waals surface area contributed by atoms with E-state index in [1.807, 2.05) is 12.1 Å². The number of likely N-dealkylation sites (tertiary alicyclic amines) is 1. The molecule has 1 fully saturated rings. The maximum atomic E-state index is 13.5. The standard InChI is InChI=1S/C24H30ClN5O3/c1-15-20-7-6-18(11-16(20)9-10-29(15)3)27-22(31)24(2)12-19(33-4)14-30(24)23(32)28-21-8-5-17(25)13-26-21/h5-8,11,13,15,19H,9-10,12,14H2,1-4H3,(H,27,31)(H,26,28,32)/t15?,19-,24-/m1/s1. The zero-order valence-corrected chi connectivity index (χ0v) is 20.1. The minimum absolute atomic E-state index is 0.246. The number of fused-ring (bicyclic) bond motifs is 1. The highest BCUT2D eigenvalue weighted by Gasteiger charge is 2.50. The number of carbonyl (C=O) groups is 2. The van der Waals surface area contributed by atoms with Gasteiger partial charge in [-0.1, -0.05) is 17.7 Å². The summed E-state index contributed by atoms with van der Waals surface area (Å²) >= 11 is 5.88. The van der Waals surface area contributed by atoms with Crippen molar-refractivity contribution >= 4 is 35.0 Å². The van der Waals surface area contributed by atoms with Gasteiger partial charge < -0.3 is 15.0 Å². The van der Waals surface area contributed by atoms with Crippen LogP contribution in [0.1, 0.15) is 37.4 Å². The lowest BCUT2D eigenvalue weighted by molar-refractivity contribution is -0.124. The Bertz CT molecular complexity index is 1050. The minimum Gasteiger partial charge on any atom is -0.380 e. The Kier molecular flexibility index (Phi) is 6.61. The molecule has 33 heavy (non-hydrogen) atoms.